The summed E-state index contributed by atoms with van der Waals surface area (Å²) in [7, 11) is 1.77. The number of nitrogens with one attached hydrogen (secondary N) is 1. The number of aryl methyl sites for hydroxylation is 1. The molecule has 0 aromatic heterocycles. The lowest BCUT2D eigenvalue weighted by Crippen LogP contribution is -2.13. The van der Waals surface area contributed by atoms with Crippen LogP contribution in [0.1, 0.15) is 19.4 Å². The van der Waals surface area contributed by atoms with Gasteiger partial charge in [0.25, 0.3) is 0 Å². The fourth-order valence-corrected chi connectivity index (χ4v) is 1.43. The van der Waals surface area contributed by atoms with Gasteiger partial charge in [0, 0.05) is 12.7 Å². The van der Waals surface area contributed by atoms with Gasteiger partial charge in [0.05, 0.1) is 0 Å². The second kappa shape index (κ2) is 5.35. The number of para-hydroxylation sites is 1. The average Bonchev–Trinajstić information content (AvgIpc) is 2.25. The van der Waals surface area contributed by atoms with Gasteiger partial charge in [-0.05, 0) is 30.5 Å². The summed E-state index contributed by atoms with van der Waals surface area (Å²) in [5.41, 5.74) is 3.35. The first-order valence-corrected chi connectivity index (χ1v) is 5.16. The van der Waals surface area contributed by atoms with Crippen LogP contribution >= 0.6 is 0 Å². The molecule has 1 N–H and O–H groups in total. The molecule has 0 saturated carbocycles. The van der Waals surface area contributed by atoms with Gasteiger partial charge in [-0.25, -0.2) is 0 Å². The normalized spacial score (nSPS) is 11.3. The van der Waals surface area contributed by atoms with Gasteiger partial charge in [-0.3, -0.25) is 4.99 Å². The molecule has 0 saturated heterocycles. The number of nitrogens with zero attached hydrogens (tertiary/aromatic N) is 1. The molecule has 1 aromatic rings. The molecule has 2 heteroatoms. The van der Waals surface area contributed by atoms with E-state index in [0.29, 0.717) is 0 Å². The van der Waals surface area contributed by atoms with Crippen molar-refractivity contribution in [3.63, 3.8) is 0 Å². The highest BCUT2D eigenvalue weighted by atomic mass is 15.0. The number of benzene rings is 1. The molecule has 2 nitrogen and oxygen atoms in total. The van der Waals surface area contributed by atoms with Crippen LogP contribution in [0.15, 0.2) is 41.4 Å². The summed E-state index contributed by atoms with van der Waals surface area (Å²) in [5.74, 6) is 0.843. The Bertz CT molecular complexity index is 378. The van der Waals surface area contributed by atoms with E-state index in [1.54, 1.807) is 7.05 Å². The van der Waals surface area contributed by atoms with Crippen molar-refractivity contribution >= 4 is 11.5 Å². The molecule has 0 bridgehead atoms. The van der Waals surface area contributed by atoms with Gasteiger partial charge < -0.3 is 5.32 Å². The Hall–Kier alpha value is -1.57. The van der Waals surface area contributed by atoms with Crippen molar-refractivity contribution in [3.05, 3.63) is 42.0 Å². The Morgan fingerprint density at radius 2 is 2.07 bits per heavy atom. The van der Waals surface area contributed by atoms with E-state index in [1.807, 2.05) is 19.1 Å². The zero-order valence-electron chi connectivity index (χ0n) is 9.67. The van der Waals surface area contributed by atoms with E-state index in [9.17, 15) is 0 Å². The molecule has 0 aliphatic rings. The first kappa shape index (κ1) is 11.5. The minimum atomic E-state index is 0.843. The van der Waals surface area contributed by atoms with Crippen LogP contribution in [0.2, 0.25) is 0 Å². The summed E-state index contributed by atoms with van der Waals surface area (Å²) in [5, 5.41) is 3.30. The van der Waals surface area contributed by atoms with Crippen molar-refractivity contribution in [1.82, 2.24) is 0 Å². The molecule has 0 aliphatic heterocycles. The molecular weight excluding hydrogens is 184 g/mol. The van der Waals surface area contributed by atoms with Crippen LogP contribution in [0.5, 0.6) is 0 Å². The zero-order chi connectivity index (χ0) is 11.3. The number of amidine groups is 1. The maximum Gasteiger partial charge on any atom is 0.127 e. The Kier molecular flexibility index (Phi) is 4.10. The lowest BCUT2D eigenvalue weighted by molar-refractivity contribution is 1.14. The molecule has 0 spiro atoms. The van der Waals surface area contributed by atoms with Crippen molar-refractivity contribution in [3.8, 4) is 0 Å². The summed E-state index contributed by atoms with van der Waals surface area (Å²) >= 11 is 0. The highest BCUT2D eigenvalue weighted by Gasteiger charge is 2.03. The highest BCUT2D eigenvalue weighted by molar-refractivity contribution is 6.07. The number of anilines is 1. The fraction of sp³-hybridized carbons (Fsp3) is 0.308. The van der Waals surface area contributed by atoms with Crippen molar-refractivity contribution in [2.24, 2.45) is 4.99 Å². The SMILES string of the molecule is C=C(C)C(=NC)Nc1ccccc1CC. The van der Waals surface area contributed by atoms with Gasteiger partial charge in [-0.1, -0.05) is 31.7 Å². The van der Waals surface area contributed by atoms with Gasteiger partial charge in [0.2, 0.25) is 0 Å². The molecule has 0 heterocycles. The van der Waals surface area contributed by atoms with Crippen LogP contribution in [0.3, 0.4) is 0 Å². The maximum atomic E-state index is 4.16. The minimum absolute atomic E-state index is 0.843. The third-order valence-corrected chi connectivity index (χ3v) is 2.28. The Balaban J connectivity index is 2.93. The minimum Gasteiger partial charge on any atom is -0.340 e. The molecule has 1 rings (SSSR count). The lowest BCUT2D eigenvalue weighted by Gasteiger charge is -2.12. The molecule has 0 amide bonds. The van der Waals surface area contributed by atoms with E-state index in [2.05, 4.69) is 35.9 Å². The monoisotopic (exact) mass is 202 g/mol. The van der Waals surface area contributed by atoms with E-state index < -0.39 is 0 Å². The van der Waals surface area contributed by atoms with E-state index >= 15 is 0 Å². The van der Waals surface area contributed by atoms with Gasteiger partial charge in [-0.15, -0.1) is 0 Å². The number of hydrogen-bond donors (Lipinski definition) is 1. The Morgan fingerprint density at radius 3 is 2.60 bits per heavy atom. The Morgan fingerprint density at radius 1 is 1.40 bits per heavy atom. The standard InChI is InChI=1S/C13H18N2/c1-5-11-8-6-7-9-12(11)15-13(14-4)10(2)3/h6-9H,2,5H2,1,3-4H3,(H,14,15). The quantitative estimate of drug-likeness (QED) is 0.590. The summed E-state index contributed by atoms with van der Waals surface area (Å²) in [4.78, 5) is 4.16. The lowest BCUT2D eigenvalue weighted by atomic mass is 10.1. The second-order valence-corrected chi connectivity index (χ2v) is 3.49. The zero-order valence-corrected chi connectivity index (χ0v) is 9.67. The van der Waals surface area contributed by atoms with E-state index in [4.69, 9.17) is 0 Å². The van der Waals surface area contributed by atoms with Crippen LogP contribution in [-0.2, 0) is 6.42 Å². The third-order valence-electron chi connectivity index (χ3n) is 2.28. The first-order chi connectivity index (χ1) is 7.19. The summed E-state index contributed by atoms with van der Waals surface area (Å²) in [6.07, 6.45) is 1.01. The summed E-state index contributed by atoms with van der Waals surface area (Å²) in [6, 6.07) is 8.25. The van der Waals surface area contributed by atoms with Crippen molar-refractivity contribution in [2.45, 2.75) is 20.3 Å². The van der Waals surface area contributed by atoms with Gasteiger partial charge >= 0.3 is 0 Å². The maximum absolute atomic E-state index is 4.16. The predicted octanol–water partition coefficient (Wildman–Crippen LogP) is 3.27. The van der Waals surface area contributed by atoms with Gasteiger partial charge in [0.1, 0.15) is 5.84 Å². The van der Waals surface area contributed by atoms with Crippen LogP contribution < -0.4 is 5.32 Å². The molecule has 0 atom stereocenters. The predicted molar refractivity (Wildman–Crippen MR) is 67.6 cm³/mol. The van der Waals surface area contributed by atoms with Gasteiger partial charge in [0.15, 0.2) is 0 Å². The van der Waals surface area contributed by atoms with Crippen molar-refractivity contribution < 1.29 is 0 Å². The molecule has 15 heavy (non-hydrogen) atoms. The first-order valence-electron chi connectivity index (χ1n) is 5.16. The third kappa shape index (κ3) is 2.94. The van der Waals surface area contributed by atoms with E-state index in [1.165, 1.54) is 5.56 Å². The summed E-state index contributed by atoms with van der Waals surface area (Å²) in [6.45, 7) is 7.98. The topological polar surface area (TPSA) is 24.4 Å². The van der Waals surface area contributed by atoms with Crippen LogP contribution in [0.4, 0.5) is 5.69 Å². The summed E-state index contributed by atoms with van der Waals surface area (Å²) < 4.78 is 0. The largest absolute Gasteiger partial charge is 0.340 e. The van der Waals surface area contributed by atoms with Crippen LogP contribution in [0.25, 0.3) is 0 Å². The number of hydrogen-bond acceptors (Lipinski definition) is 1. The molecule has 1 aromatic carbocycles. The highest BCUT2D eigenvalue weighted by Crippen LogP contribution is 2.16. The molecule has 0 unspecified atom stereocenters. The molecular formula is C13H18N2. The van der Waals surface area contributed by atoms with E-state index in [-0.39, 0.29) is 0 Å². The smallest absolute Gasteiger partial charge is 0.127 e. The van der Waals surface area contributed by atoms with Crippen molar-refractivity contribution in [2.75, 3.05) is 12.4 Å². The average molecular weight is 202 g/mol. The molecule has 0 aliphatic carbocycles. The fourth-order valence-electron chi connectivity index (χ4n) is 1.43. The van der Waals surface area contributed by atoms with Crippen LogP contribution in [0, 0.1) is 0 Å². The molecule has 0 fully saturated rings. The number of aliphatic imine (C=N–C) groups is 1. The van der Waals surface area contributed by atoms with Crippen molar-refractivity contribution in [1.29, 1.82) is 0 Å². The van der Waals surface area contributed by atoms with Crippen LogP contribution in [-0.4, -0.2) is 12.9 Å². The van der Waals surface area contributed by atoms with E-state index in [0.717, 1.165) is 23.5 Å². The van der Waals surface area contributed by atoms with Gasteiger partial charge in [-0.2, -0.15) is 0 Å². The molecule has 80 valence electrons. The molecule has 0 radical (unpaired) electrons. The number of rotatable bonds is 3. The Labute approximate surface area is 91.7 Å². The second-order valence-electron chi connectivity index (χ2n) is 3.49.